The summed E-state index contributed by atoms with van der Waals surface area (Å²) in [4.78, 5) is 15.5. The van der Waals surface area contributed by atoms with Gasteiger partial charge < -0.3 is 10.4 Å². The minimum absolute atomic E-state index is 0.0417. The third kappa shape index (κ3) is 5.71. The van der Waals surface area contributed by atoms with Crippen molar-refractivity contribution in [2.24, 2.45) is 0 Å². The Morgan fingerprint density at radius 2 is 1.58 bits per heavy atom. The summed E-state index contributed by atoms with van der Waals surface area (Å²) in [6.07, 6.45) is -1.84. The van der Waals surface area contributed by atoms with Gasteiger partial charge in [-0.2, -0.15) is 13.2 Å². The molecule has 1 atom stereocenters. The van der Waals surface area contributed by atoms with Crippen LogP contribution in [0.4, 0.5) is 17.6 Å². The molecule has 1 aliphatic heterocycles. The number of likely N-dealkylation sites (tertiary alicyclic amines) is 1. The maximum Gasteiger partial charge on any atom is 0.417 e. The number of aliphatic hydroxyl groups is 1. The zero-order chi connectivity index (χ0) is 26.0. The number of carbonyl (C=O) groups excluding carboxylic acids is 1. The number of nitrogens with one attached hydrogen (secondary N) is 1. The van der Waals surface area contributed by atoms with E-state index in [2.05, 4.69) is 5.32 Å². The van der Waals surface area contributed by atoms with Gasteiger partial charge in [-0.25, -0.2) is 4.39 Å². The number of nitrogens with zero attached hydrogens (tertiary/aromatic N) is 1. The van der Waals surface area contributed by atoms with Crippen molar-refractivity contribution in [3.05, 3.63) is 70.5 Å². The summed E-state index contributed by atoms with van der Waals surface area (Å²) in [7, 11) is 0. The predicted octanol–water partition coefficient (Wildman–Crippen LogP) is 5.41. The zero-order valence-electron chi connectivity index (χ0n) is 20.0. The van der Waals surface area contributed by atoms with Gasteiger partial charge in [0.2, 0.25) is 5.91 Å². The van der Waals surface area contributed by atoms with Crippen LogP contribution in [0, 0.1) is 5.82 Å². The molecule has 1 saturated carbocycles. The van der Waals surface area contributed by atoms with E-state index < -0.39 is 30.0 Å². The first-order valence-corrected chi connectivity index (χ1v) is 12.7. The van der Waals surface area contributed by atoms with E-state index >= 15 is 0 Å². The minimum Gasteiger partial charge on any atom is -0.380 e. The molecule has 2 aromatic carbocycles. The van der Waals surface area contributed by atoms with Gasteiger partial charge in [0.1, 0.15) is 5.82 Å². The van der Waals surface area contributed by atoms with E-state index in [-0.39, 0.29) is 37.4 Å². The van der Waals surface area contributed by atoms with Gasteiger partial charge in [0.25, 0.3) is 0 Å². The van der Waals surface area contributed by atoms with Crippen LogP contribution in [0.5, 0.6) is 0 Å². The fourth-order valence-corrected chi connectivity index (χ4v) is 5.67. The minimum atomic E-state index is -4.69. The van der Waals surface area contributed by atoms with E-state index in [1.807, 2.05) is 17.0 Å². The fraction of sp³-hybridized carbons (Fsp3) is 0.519. The molecule has 1 heterocycles. The normalized spacial score (nSPS) is 20.7. The summed E-state index contributed by atoms with van der Waals surface area (Å²) in [6.45, 7) is 0.316. The lowest BCUT2D eigenvalue weighted by molar-refractivity contribution is -0.273. The Morgan fingerprint density at radius 1 is 1.00 bits per heavy atom. The summed E-state index contributed by atoms with van der Waals surface area (Å²) in [5.74, 6) is -0.474. The number of piperidine rings is 1. The molecule has 2 aromatic rings. The number of halogens is 5. The van der Waals surface area contributed by atoms with Crippen LogP contribution in [0.15, 0.2) is 48.5 Å². The quantitative estimate of drug-likeness (QED) is 0.475. The molecule has 0 aromatic heterocycles. The summed E-state index contributed by atoms with van der Waals surface area (Å²) in [6, 6.07) is 13.0. The first-order valence-electron chi connectivity index (χ1n) is 12.3. The van der Waals surface area contributed by atoms with Gasteiger partial charge >= 0.3 is 6.18 Å². The molecule has 1 aliphatic carbocycles. The Balaban J connectivity index is 1.50. The fourth-order valence-electron chi connectivity index (χ4n) is 5.54. The van der Waals surface area contributed by atoms with Crippen LogP contribution in [-0.4, -0.2) is 53.4 Å². The second-order valence-electron chi connectivity index (χ2n) is 10.1. The van der Waals surface area contributed by atoms with Crippen molar-refractivity contribution in [1.82, 2.24) is 10.2 Å². The van der Waals surface area contributed by atoms with Crippen molar-refractivity contribution in [2.45, 2.75) is 68.2 Å². The van der Waals surface area contributed by atoms with E-state index in [9.17, 15) is 27.5 Å². The number of amides is 1. The molecule has 1 amide bonds. The summed E-state index contributed by atoms with van der Waals surface area (Å²) in [5, 5.41) is 13.8. The van der Waals surface area contributed by atoms with E-state index in [4.69, 9.17) is 11.6 Å². The van der Waals surface area contributed by atoms with Gasteiger partial charge in [-0.15, -0.1) is 0 Å². The van der Waals surface area contributed by atoms with E-state index in [0.717, 1.165) is 24.0 Å². The molecule has 0 unspecified atom stereocenters. The maximum atomic E-state index is 13.6. The average molecular weight is 527 g/mol. The lowest BCUT2D eigenvalue weighted by atomic mass is 9.78. The van der Waals surface area contributed by atoms with Crippen molar-refractivity contribution in [3.63, 3.8) is 0 Å². The third-order valence-corrected chi connectivity index (χ3v) is 8.09. The highest BCUT2D eigenvalue weighted by atomic mass is 35.5. The molecule has 1 saturated heterocycles. The Morgan fingerprint density at radius 3 is 2.14 bits per heavy atom. The molecule has 0 radical (unpaired) electrons. The Bertz CT molecular complexity index is 1030. The van der Waals surface area contributed by atoms with Gasteiger partial charge in [0.05, 0.1) is 5.41 Å². The van der Waals surface area contributed by atoms with Crippen LogP contribution in [0.3, 0.4) is 0 Å². The topological polar surface area (TPSA) is 52.6 Å². The Labute approximate surface area is 213 Å². The van der Waals surface area contributed by atoms with Crippen molar-refractivity contribution in [2.75, 3.05) is 19.6 Å². The van der Waals surface area contributed by atoms with Gasteiger partial charge in [0.15, 0.2) is 5.60 Å². The number of hydrogen-bond acceptors (Lipinski definition) is 3. The van der Waals surface area contributed by atoms with Crippen LogP contribution in [0.1, 0.15) is 49.7 Å². The number of rotatable bonds is 7. The smallest absolute Gasteiger partial charge is 0.380 e. The first-order chi connectivity index (χ1) is 17.0. The lowest BCUT2D eigenvalue weighted by Crippen LogP contribution is -2.57. The molecule has 4 rings (SSSR count). The number of hydrogen-bond donors (Lipinski definition) is 2. The highest BCUT2D eigenvalue weighted by Gasteiger charge is 2.55. The maximum absolute atomic E-state index is 13.6. The van der Waals surface area contributed by atoms with Gasteiger partial charge in [-0.1, -0.05) is 48.7 Å². The second kappa shape index (κ2) is 10.7. The Hall–Kier alpha value is -2.16. The van der Waals surface area contributed by atoms with Crippen LogP contribution in [0.25, 0.3) is 0 Å². The standard InChI is InChI=1S/C27H31ClF4N2O2/c28-21-7-5-20(6-8-21)25(11-1-2-12-25)24(35)33-18-23(17-19-3-9-22(29)10-4-19)34-15-13-26(36,14-16-34)27(30,31)32/h3-10,23,36H,1-2,11-18H2,(H,33,35)/t23-/m1/s1. The van der Waals surface area contributed by atoms with Crippen molar-refractivity contribution >= 4 is 17.5 Å². The van der Waals surface area contributed by atoms with Gasteiger partial charge in [-0.05, 0) is 67.5 Å². The highest BCUT2D eigenvalue weighted by Crippen LogP contribution is 2.42. The Kier molecular flexibility index (Phi) is 7.98. The molecule has 36 heavy (non-hydrogen) atoms. The van der Waals surface area contributed by atoms with Gasteiger partial charge in [0, 0.05) is 30.7 Å². The first kappa shape index (κ1) is 26.9. The monoisotopic (exact) mass is 526 g/mol. The number of carbonyl (C=O) groups is 1. The summed E-state index contributed by atoms with van der Waals surface area (Å²) >= 11 is 6.05. The zero-order valence-corrected chi connectivity index (χ0v) is 20.7. The molecule has 2 fully saturated rings. The molecule has 2 N–H and O–H groups in total. The van der Waals surface area contributed by atoms with Crippen molar-refractivity contribution in [3.8, 4) is 0 Å². The average Bonchev–Trinajstić information content (AvgIpc) is 3.34. The van der Waals surface area contributed by atoms with E-state index in [1.54, 1.807) is 24.3 Å². The van der Waals surface area contributed by atoms with Crippen LogP contribution >= 0.6 is 11.6 Å². The lowest BCUT2D eigenvalue weighted by Gasteiger charge is -2.42. The largest absolute Gasteiger partial charge is 0.417 e. The highest BCUT2D eigenvalue weighted by molar-refractivity contribution is 6.30. The van der Waals surface area contributed by atoms with E-state index in [0.29, 0.717) is 24.3 Å². The molecule has 2 aliphatic rings. The van der Waals surface area contributed by atoms with Crippen LogP contribution in [-0.2, 0) is 16.6 Å². The molecule has 196 valence electrons. The summed E-state index contributed by atoms with van der Waals surface area (Å²) < 4.78 is 53.4. The third-order valence-electron chi connectivity index (χ3n) is 7.84. The second-order valence-corrected chi connectivity index (χ2v) is 10.5. The molecule has 4 nitrogen and oxygen atoms in total. The van der Waals surface area contributed by atoms with Crippen LogP contribution < -0.4 is 5.32 Å². The molecule has 0 spiro atoms. The summed E-state index contributed by atoms with van der Waals surface area (Å²) in [5.41, 5.74) is -1.63. The van der Waals surface area contributed by atoms with E-state index in [1.165, 1.54) is 12.1 Å². The van der Waals surface area contributed by atoms with Gasteiger partial charge in [-0.3, -0.25) is 9.69 Å². The molecular formula is C27H31ClF4N2O2. The SMILES string of the molecule is O=C(NC[C@@H](Cc1ccc(F)cc1)N1CCC(O)(C(F)(F)F)CC1)C1(c2ccc(Cl)cc2)CCCC1. The number of benzene rings is 2. The van der Waals surface area contributed by atoms with Crippen molar-refractivity contribution < 1.29 is 27.5 Å². The molecular weight excluding hydrogens is 496 g/mol. The molecule has 0 bridgehead atoms. The molecule has 9 heteroatoms. The van der Waals surface area contributed by atoms with Crippen LogP contribution in [0.2, 0.25) is 5.02 Å². The van der Waals surface area contributed by atoms with Crippen molar-refractivity contribution in [1.29, 1.82) is 0 Å². The predicted molar refractivity (Wildman–Crippen MR) is 130 cm³/mol. The number of alkyl halides is 3.